The minimum absolute atomic E-state index is 0.0313. The number of benzene rings is 2. The van der Waals surface area contributed by atoms with E-state index >= 15 is 0 Å². The van der Waals surface area contributed by atoms with E-state index in [-0.39, 0.29) is 23.8 Å². The van der Waals surface area contributed by atoms with E-state index in [4.69, 9.17) is 16.6 Å². The molecule has 4 aromatic rings. The molecule has 3 heterocycles. The maximum atomic E-state index is 15.0. The smallest absolute Gasteiger partial charge is 0.318 e. The third kappa shape index (κ3) is 8.58. The third-order valence-corrected chi connectivity index (χ3v) is 10.8. The van der Waals surface area contributed by atoms with Crippen LogP contribution >= 0.6 is 43.5 Å². The van der Waals surface area contributed by atoms with E-state index in [1.807, 2.05) is 66.9 Å². The molecular weight excluding hydrogens is 768 g/mol. The Morgan fingerprint density at radius 2 is 1.86 bits per heavy atom. The van der Waals surface area contributed by atoms with Crippen molar-refractivity contribution in [1.82, 2.24) is 29.7 Å². The molecule has 0 radical (unpaired) electrons. The van der Waals surface area contributed by atoms with Crippen LogP contribution < -0.4 is 5.32 Å². The molecule has 11 heteroatoms. The summed E-state index contributed by atoms with van der Waals surface area (Å²) in [5, 5.41) is 3.84. The van der Waals surface area contributed by atoms with Gasteiger partial charge in [0.2, 0.25) is 5.91 Å². The molecule has 0 spiro atoms. The fourth-order valence-electron chi connectivity index (χ4n) is 7.34. The number of nitrogens with one attached hydrogen (secondary N) is 1. The number of halogens is 3. The quantitative estimate of drug-likeness (QED) is 0.194. The Kier molecular flexibility index (Phi) is 11.2. The highest BCUT2D eigenvalue weighted by atomic mass is 79.9. The lowest BCUT2D eigenvalue weighted by Crippen LogP contribution is -2.59. The second-order valence-corrected chi connectivity index (χ2v) is 16.4. The first kappa shape index (κ1) is 35.6. The van der Waals surface area contributed by atoms with Crippen LogP contribution in [0.15, 0.2) is 82.4 Å². The van der Waals surface area contributed by atoms with Crippen molar-refractivity contribution in [3.05, 3.63) is 115 Å². The standard InChI is InChI=1S/C38H43Br2ClN6O2/c1-38(2,3)44-37(49)47-16-12-27(34-33-26(19-30(41)21-31(33)40)10-11-28-18-29(39)22-43-35(28)34)20-32(47)36(48)46(23-25-8-5-4-6-9-25)15-7-14-45-17-13-42-24-45/h4-6,8-9,13,17-19,21-22,24,27,32,34H,7,10-12,14-16,20,23H2,1-3H3,(H,44,49)/t27-,32-,34-/m1/s1. The second-order valence-electron chi connectivity index (χ2n) is 14.2. The molecule has 6 rings (SSSR count). The lowest BCUT2D eigenvalue weighted by Gasteiger charge is -2.44. The highest BCUT2D eigenvalue weighted by molar-refractivity contribution is 9.10. The van der Waals surface area contributed by atoms with Crippen molar-refractivity contribution < 1.29 is 9.59 Å². The Labute approximate surface area is 310 Å². The number of likely N-dealkylation sites (tertiary alicyclic amines) is 1. The Morgan fingerprint density at radius 3 is 2.59 bits per heavy atom. The number of carbonyl (C=O) groups is 2. The minimum atomic E-state index is -0.644. The largest absolute Gasteiger partial charge is 0.337 e. The first-order valence-corrected chi connectivity index (χ1v) is 18.9. The van der Waals surface area contributed by atoms with Crippen LogP contribution in [0, 0.1) is 5.92 Å². The fraction of sp³-hybridized carbons (Fsp3) is 0.421. The maximum Gasteiger partial charge on any atom is 0.318 e. The van der Waals surface area contributed by atoms with E-state index in [9.17, 15) is 9.59 Å². The summed E-state index contributed by atoms with van der Waals surface area (Å²) in [4.78, 5) is 41.8. The Hall–Kier alpha value is -3.21. The van der Waals surface area contributed by atoms with E-state index in [1.54, 1.807) is 17.4 Å². The molecule has 2 aromatic heterocycles. The minimum Gasteiger partial charge on any atom is -0.337 e. The summed E-state index contributed by atoms with van der Waals surface area (Å²) in [6, 6.07) is 15.4. The number of amides is 3. The molecule has 258 valence electrons. The zero-order chi connectivity index (χ0) is 34.7. The molecule has 8 nitrogen and oxygen atoms in total. The van der Waals surface area contributed by atoms with Crippen LogP contribution in [-0.4, -0.2) is 60.9 Å². The van der Waals surface area contributed by atoms with Crippen molar-refractivity contribution in [2.45, 2.75) is 83.5 Å². The van der Waals surface area contributed by atoms with Crippen LogP contribution in [0.4, 0.5) is 4.79 Å². The molecule has 1 aliphatic carbocycles. The van der Waals surface area contributed by atoms with Gasteiger partial charge in [0.25, 0.3) is 0 Å². The Morgan fingerprint density at radius 1 is 1.08 bits per heavy atom. The average Bonchev–Trinajstić information content (AvgIpc) is 3.52. The number of aromatic nitrogens is 3. The summed E-state index contributed by atoms with van der Waals surface area (Å²) in [5.41, 5.74) is 5.22. The van der Waals surface area contributed by atoms with E-state index in [0.717, 1.165) is 52.4 Å². The maximum absolute atomic E-state index is 15.0. The molecule has 0 unspecified atom stereocenters. The SMILES string of the molecule is CC(C)(C)NC(=O)N1CC[C@@H]([C@H]2c3ncc(Br)cc3CCc3cc(Cl)cc(Br)c32)C[C@@H]1C(=O)N(CCCn1ccnc1)Cc1ccccc1. The van der Waals surface area contributed by atoms with Crippen LogP contribution in [0.1, 0.15) is 73.9 Å². The molecule has 2 aliphatic rings. The van der Waals surface area contributed by atoms with E-state index in [1.165, 1.54) is 16.7 Å². The van der Waals surface area contributed by atoms with Crippen molar-refractivity contribution in [3.8, 4) is 0 Å². The van der Waals surface area contributed by atoms with Gasteiger partial charge in [0.1, 0.15) is 6.04 Å². The highest BCUT2D eigenvalue weighted by Gasteiger charge is 2.44. The van der Waals surface area contributed by atoms with E-state index in [2.05, 4.69) is 66.4 Å². The van der Waals surface area contributed by atoms with E-state index < -0.39 is 11.6 Å². The molecule has 1 fully saturated rings. The van der Waals surface area contributed by atoms with Gasteiger partial charge < -0.3 is 19.7 Å². The molecule has 3 amide bonds. The number of imidazole rings is 1. The molecule has 0 bridgehead atoms. The van der Waals surface area contributed by atoms with Crippen LogP contribution in [0.5, 0.6) is 0 Å². The first-order chi connectivity index (χ1) is 23.5. The summed E-state index contributed by atoms with van der Waals surface area (Å²) < 4.78 is 3.93. The number of rotatable bonds is 8. The Balaban J connectivity index is 1.38. The molecule has 1 saturated heterocycles. The van der Waals surface area contributed by atoms with Crippen molar-refractivity contribution >= 4 is 55.4 Å². The van der Waals surface area contributed by atoms with E-state index in [0.29, 0.717) is 31.1 Å². The molecular formula is C38H43Br2ClN6O2. The fourth-order valence-corrected chi connectivity index (χ4v) is 8.84. The van der Waals surface area contributed by atoms with Crippen molar-refractivity contribution in [3.63, 3.8) is 0 Å². The predicted octanol–water partition coefficient (Wildman–Crippen LogP) is 8.39. The van der Waals surface area contributed by atoms with Gasteiger partial charge >= 0.3 is 6.03 Å². The van der Waals surface area contributed by atoms with Crippen LogP contribution in [0.3, 0.4) is 0 Å². The highest BCUT2D eigenvalue weighted by Crippen LogP contribution is 2.47. The van der Waals surface area contributed by atoms with Gasteiger partial charge in [0, 0.05) is 70.2 Å². The number of carbonyl (C=O) groups excluding carboxylic acids is 2. The number of nitrogens with zero attached hydrogens (tertiary/aromatic N) is 5. The molecule has 1 aliphatic heterocycles. The second kappa shape index (κ2) is 15.4. The molecule has 0 saturated carbocycles. The molecule has 49 heavy (non-hydrogen) atoms. The summed E-state index contributed by atoms with van der Waals surface area (Å²) in [6.07, 6.45) is 11.1. The van der Waals surface area contributed by atoms with Crippen molar-refractivity contribution in [1.29, 1.82) is 0 Å². The summed E-state index contributed by atoms with van der Waals surface area (Å²) >= 11 is 14.1. The monoisotopic (exact) mass is 808 g/mol. The molecule has 2 aromatic carbocycles. The summed E-state index contributed by atoms with van der Waals surface area (Å²) in [5.74, 6) is -0.0469. The Bertz CT molecular complexity index is 1780. The molecule has 3 atom stereocenters. The van der Waals surface area contributed by atoms with Crippen LogP contribution in [-0.2, 0) is 30.7 Å². The van der Waals surface area contributed by atoms with Gasteiger partial charge in [-0.05, 0) is 115 Å². The zero-order valence-electron chi connectivity index (χ0n) is 28.2. The van der Waals surface area contributed by atoms with Gasteiger partial charge in [-0.3, -0.25) is 9.78 Å². The third-order valence-electron chi connectivity index (χ3n) is 9.49. The van der Waals surface area contributed by atoms with Crippen molar-refractivity contribution in [2.75, 3.05) is 13.1 Å². The number of urea groups is 1. The topological polar surface area (TPSA) is 83.4 Å². The predicted molar refractivity (Wildman–Crippen MR) is 201 cm³/mol. The van der Waals surface area contributed by atoms with Gasteiger partial charge in [-0.25, -0.2) is 9.78 Å². The number of hydrogen-bond acceptors (Lipinski definition) is 4. The average molecular weight is 811 g/mol. The number of hydrogen-bond donors (Lipinski definition) is 1. The van der Waals surface area contributed by atoms with Gasteiger partial charge in [0.05, 0.1) is 12.0 Å². The first-order valence-electron chi connectivity index (χ1n) is 17.0. The van der Waals surface area contributed by atoms with Gasteiger partial charge in [-0.15, -0.1) is 0 Å². The summed E-state index contributed by atoms with van der Waals surface area (Å²) in [7, 11) is 0. The van der Waals surface area contributed by atoms with Gasteiger partial charge in [-0.1, -0.05) is 57.9 Å². The number of pyridine rings is 1. The molecule has 1 N–H and O–H groups in total. The normalized spacial score (nSPS) is 19.1. The lowest BCUT2D eigenvalue weighted by atomic mass is 9.74. The van der Waals surface area contributed by atoms with Gasteiger partial charge in [0.15, 0.2) is 0 Å². The number of piperidine rings is 1. The number of aryl methyl sites for hydroxylation is 3. The van der Waals surface area contributed by atoms with Crippen LogP contribution in [0.25, 0.3) is 0 Å². The van der Waals surface area contributed by atoms with Crippen LogP contribution in [0.2, 0.25) is 5.02 Å². The van der Waals surface area contributed by atoms with Crippen molar-refractivity contribution in [2.24, 2.45) is 5.92 Å². The lowest BCUT2D eigenvalue weighted by molar-refractivity contribution is -0.138. The summed E-state index contributed by atoms with van der Waals surface area (Å²) in [6.45, 7) is 8.13. The zero-order valence-corrected chi connectivity index (χ0v) is 32.1. The van der Waals surface area contributed by atoms with Gasteiger partial charge in [-0.2, -0.15) is 0 Å². The number of fused-ring (bicyclic) bond motifs is 2.